The lowest BCUT2D eigenvalue weighted by Crippen LogP contribution is -2.70. The lowest BCUT2D eigenvalue weighted by molar-refractivity contribution is -0.153. The number of halogens is 2. The highest BCUT2D eigenvalue weighted by molar-refractivity contribution is 9.10. The summed E-state index contributed by atoms with van der Waals surface area (Å²) < 4.78 is 2.91. The molecule has 0 spiro atoms. The SMILES string of the molecule is O=C(Cc1cccc(Br)c1)CC1C(=O)N2C(C(=O)O)=C(CSC(=S)N3CCN(C(=S)SCC4=C(C(=O)O)N5C(=O)C(NC(=O)Cc6cccc(Br)c6)C5SC4)CC3)CSC12. The number of hydrogen-bond donors (Lipinski definition) is 3. The first-order valence-corrected chi connectivity index (χ1v) is 25.1. The van der Waals surface area contributed by atoms with Crippen LogP contribution in [0.5, 0.6) is 0 Å². The van der Waals surface area contributed by atoms with Crippen LogP contribution in [0.2, 0.25) is 0 Å². The molecule has 0 aromatic heterocycles. The van der Waals surface area contributed by atoms with Gasteiger partial charge < -0.3 is 25.3 Å². The number of thiocarbonyl (C=S) groups is 2. The van der Waals surface area contributed by atoms with Crippen molar-refractivity contribution in [3.8, 4) is 0 Å². The fourth-order valence-corrected chi connectivity index (χ4v) is 14.0. The molecule has 0 saturated carbocycles. The van der Waals surface area contributed by atoms with E-state index in [9.17, 15) is 39.0 Å². The number of benzene rings is 2. The molecule has 5 aliphatic rings. The quantitative estimate of drug-likeness (QED) is 0.176. The van der Waals surface area contributed by atoms with E-state index >= 15 is 0 Å². The molecule has 3 saturated heterocycles. The summed E-state index contributed by atoms with van der Waals surface area (Å²) in [5, 5.41) is 22.2. The molecule has 316 valence electrons. The number of carboxylic acid groups (broad SMARTS) is 2. The zero-order chi connectivity index (χ0) is 42.8. The van der Waals surface area contributed by atoms with Gasteiger partial charge in [-0.25, -0.2) is 9.59 Å². The van der Waals surface area contributed by atoms with Gasteiger partial charge in [0, 0.05) is 71.0 Å². The third-order valence-electron chi connectivity index (χ3n) is 10.5. The number of carbonyl (C=O) groups is 6. The average Bonchev–Trinajstić information content (AvgIpc) is 3.22. The van der Waals surface area contributed by atoms with Crippen LogP contribution in [0.4, 0.5) is 0 Å². The lowest BCUT2D eigenvalue weighted by atomic mass is 9.89. The van der Waals surface area contributed by atoms with Crippen molar-refractivity contribution in [2.24, 2.45) is 5.92 Å². The number of β-lactam (4-membered cyclic amide) rings is 2. The van der Waals surface area contributed by atoms with Crippen molar-refractivity contribution in [2.75, 3.05) is 49.2 Å². The third kappa shape index (κ3) is 9.97. The maximum absolute atomic E-state index is 13.2. The van der Waals surface area contributed by atoms with Crippen LogP contribution in [0, 0.1) is 5.92 Å². The van der Waals surface area contributed by atoms with E-state index in [1.54, 1.807) is 0 Å². The van der Waals surface area contributed by atoms with E-state index < -0.39 is 40.6 Å². The van der Waals surface area contributed by atoms with Crippen LogP contribution < -0.4 is 5.32 Å². The topological polar surface area (TPSA) is 168 Å². The Morgan fingerprint density at radius 3 is 1.72 bits per heavy atom. The Bertz CT molecular complexity index is 2080. The predicted molar refractivity (Wildman–Crippen MR) is 250 cm³/mol. The smallest absolute Gasteiger partial charge is 0.352 e. The van der Waals surface area contributed by atoms with Crippen molar-refractivity contribution in [1.29, 1.82) is 0 Å². The number of nitrogens with zero attached hydrogens (tertiary/aromatic N) is 4. The molecule has 21 heteroatoms. The van der Waals surface area contributed by atoms with Crippen LogP contribution in [0.1, 0.15) is 17.5 Å². The minimum Gasteiger partial charge on any atom is -0.477 e. The van der Waals surface area contributed by atoms with Gasteiger partial charge in [0.1, 0.15) is 37.2 Å². The van der Waals surface area contributed by atoms with Gasteiger partial charge >= 0.3 is 11.9 Å². The molecule has 7 rings (SSSR count). The molecule has 5 heterocycles. The van der Waals surface area contributed by atoms with E-state index in [0.29, 0.717) is 69.0 Å². The highest BCUT2D eigenvalue weighted by Crippen LogP contribution is 2.46. The second kappa shape index (κ2) is 19.6. The Morgan fingerprint density at radius 1 is 0.733 bits per heavy atom. The number of Topliss-reactive ketones (excluding diaryl/α,β-unsaturated/α-hetero) is 1. The molecule has 4 unspecified atom stereocenters. The summed E-state index contributed by atoms with van der Waals surface area (Å²) in [5.74, 6) is -2.73. The first kappa shape index (κ1) is 45.1. The average molecular weight is 1060 g/mol. The third-order valence-corrected chi connectivity index (χ3v) is 17.4. The monoisotopic (exact) mass is 1050 g/mol. The van der Waals surface area contributed by atoms with Crippen molar-refractivity contribution < 1.29 is 39.0 Å². The Balaban J connectivity index is 0.865. The minimum atomic E-state index is -1.20. The number of nitrogens with one attached hydrogen (secondary N) is 1. The maximum Gasteiger partial charge on any atom is 0.352 e. The van der Waals surface area contributed by atoms with Crippen LogP contribution in [-0.2, 0) is 41.6 Å². The first-order valence-electron chi connectivity index (χ1n) is 18.6. The molecule has 2 aromatic carbocycles. The van der Waals surface area contributed by atoms with Gasteiger partial charge in [-0.05, 0) is 46.5 Å². The number of carbonyl (C=O) groups excluding carboxylic acids is 4. The summed E-state index contributed by atoms with van der Waals surface area (Å²) >= 11 is 23.9. The van der Waals surface area contributed by atoms with Crippen molar-refractivity contribution >= 4 is 147 Å². The summed E-state index contributed by atoms with van der Waals surface area (Å²) in [5.41, 5.74) is 2.75. The molecule has 4 atom stereocenters. The molecule has 5 aliphatic heterocycles. The normalized spacial score (nSPS) is 22.4. The Labute approximate surface area is 390 Å². The van der Waals surface area contributed by atoms with Crippen LogP contribution in [0.25, 0.3) is 0 Å². The number of rotatable bonds is 13. The second-order valence-electron chi connectivity index (χ2n) is 14.4. The van der Waals surface area contributed by atoms with Gasteiger partial charge in [0.05, 0.1) is 17.7 Å². The van der Waals surface area contributed by atoms with E-state index in [4.69, 9.17) is 24.4 Å². The molecule has 2 aromatic rings. The van der Waals surface area contributed by atoms with Gasteiger partial charge in [-0.3, -0.25) is 29.0 Å². The van der Waals surface area contributed by atoms with E-state index in [2.05, 4.69) is 37.2 Å². The molecule has 0 bridgehead atoms. The van der Waals surface area contributed by atoms with Crippen molar-refractivity contribution in [1.82, 2.24) is 24.9 Å². The fraction of sp³-hybridized carbons (Fsp3) is 0.385. The van der Waals surface area contributed by atoms with Crippen molar-refractivity contribution in [3.63, 3.8) is 0 Å². The van der Waals surface area contributed by atoms with Crippen LogP contribution in [0.15, 0.2) is 80.0 Å². The fourth-order valence-electron chi connectivity index (χ4n) is 7.52. The largest absolute Gasteiger partial charge is 0.477 e. The number of fused-ring (bicyclic) bond motifs is 2. The number of aliphatic carboxylic acids is 2. The van der Waals surface area contributed by atoms with Gasteiger partial charge in [-0.2, -0.15) is 0 Å². The van der Waals surface area contributed by atoms with Crippen LogP contribution in [-0.4, -0.2) is 140 Å². The molecular formula is C39H37Br2N5O8S6. The number of amides is 3. The zero-order valence-corrected chi connectivity index (χ0v) is 39.6. The lowest BCUT2D eigenvalue weighted by Gasteiger charge is -2.49. The van der Waals surface area contributed by atoms with Crippen LogP contribution in [0.3, 0.4) is 0 Å². The summed E-state index contributed by atoms with van der Waals surface area (Å²) in [6.45, 7) is 2.30. The van der Waals surface area contributed by atoms with Gasteiger partial charge in [-0.15, -0.1) is 23.5 Å². The summed E-state index contributed by atoms with van der Waals surface area (Å²) in [6.07, 6.45) is 0.357. The number of carboxylic acids is 2. The predicted octanol–water partition coefficient (Wildman–Crippen LogP) is 5.22. The molecule has 3 N–H and O–H groups in total. The van der Waals surface area contributed by atoms with E-state index in [-0.39, 0.29) is 48.3 Å². The highest BCUT2D eigenvalue weighted by atomic mass is 79.9. The molecule has 13 nitrogen and oxygen atoms in total. The molecule has 0 aliphatic carbocycles. The van der Waals surface area contributed by atoms with Crippen molar-refractivity contribution in [2.45, 2.75) is 36.1 Å². The summed E-state index contributed by atoms with van der Waals surface area (Å²) in [7, 11) is 0. The van der Waals surface area contributed by atoms with Gasteiger partial charge in [-0.1, -0.05) is 104 Å². The summed E-state index contributed by atoms with van der Waals surface area (Å²) in [6, 6.07) is 14.0. The second-order valence-corrected chi connectivity index (χ2v) is 21.7. The summed E-state index contributed by atoms with van der Waals surface area (Å²) in [4.78, 5) is 83.5. The number of thioether (sulfide) groups is 4. The maximum atomic E-state index is 13.2. The van der Waals surface area contributed by atoms with E-state index in [0.717, 1.165) is 20.1 Å². The van der Waals surface area contributed by atoms with Crippen LogP contribution >= 0.6 is 103 Å². The van der Waals surface area contributed by atoms with Crippen molar-refractivity contribution in [3.05, 3.63) is 91.1 Å². The van der Waals surface area contributed by atoms with Gasteiger partial charge in [0.25, 0.3) is 5.91 Å². The van der Waals surface area contributed by atoms with Gasteiger partial charge in [0.15, 0.2) is 0 Å². The number of piperazine rings is 1. The minimum absolute atomic E-state index is 0.0208. The zero-order valence-electron chi connectivity index (χ0n) is 31.5. The Kier molecular flexibility index (Phi) is 14.8. The van der Waals surface area contributed by atoms with E-state index in [1.165, 1.54) is 56.8 Å². The Hall–Kier alpha value is -2.92. The van der Waals surface area contributed by atoms with E-state index in [1.807, 2.05) is 58.3 Å². The molecule has 3 fully saturated rings. The first-order chi connectivity index (χ1) is 28.7. The molecule has 0 radical (unpaired) electrons. The highest BCUT2D eigenvalue weighted by Gasteiger charge is 2.55. The standard InChI is InChI=1S/C39H37Br2N5O8S6/c40-24-5-1-3-20(11-24)13-26(47)15-27-32(49)45-30(36(51)52)22(16-57-34(27)45)18-59-38(55)43-7-9-44(10-8-43)39(56)60-19-23-17-58-35-29(33(50)46(35)31(23)37(53)54)42-28(48)14-21-4-2-6-25(41)12-21/h1-6,11-12,27,29,34-35H,7-10,13-19H2,(H,42,48)(H,51,52)(H,53,54). The van der Waals surface area contributed by atoms with Gasteiger partial charge in [0.2, 0.25) is 11.8 Å². The molecular weight excluding hydrogens is 1020 g/mol. The Morgan fingerprint density at radius 2 is 1.22 bits per heavy atom. The molecule has 3 amide bonds. The molecule has 60 heavy (non-hydrogen) atoms. The number of ketones is 1. The number of hydrogen-bond acceptors (Lipinski definition) is 12.